The number of ether oxygens (including phenoxy) is 1. The number of thioether (sulfide) groups is 1. The molecule has 0 spiro atoms. The van der Waals surface area contributed by atoms with Gasteiger partial charge in [-0.25, -0.2) is 0 Å². The number of amides is 1. The number of nitrogens with one attached hydrogen (secondary N) is 1. The highest BCUT2D eigenvalue weighted by atomic mass is 35.5. The van der Waals surface area contributed by atoms with Gasteiger partial charge in [0.1, 0.15) is 0 Å². The van der Waals surface area contributed by atoms with E-state index in [-0.39, 0.29) is 16.8 Å². The van der Waals surface area contributed by atoms with Crippen molar-refractivity contribution in [1.29, 1.82) is 5.41 Å². The Labute approximate surface area is 158 Å². The molecule has 2 N–H and O–H groups in total. The lowest BCUT2D eigenvalue weighted by atomic mass is 10.2. The minimum atomic E-state index is -0.333. The van der Waals surface area contributed by atoms with Crippen molar-refractivity contribution in [2.45, 2.75) is 0 Å². The molecule has 0 saturated carbocycles. The average Bonchev–Trinajstić information content (AvgIpc) is 2.86. The third-order valence-corrected chi connectivity index (χ3v) is 5.11. The van der Waals surface area contributed by atoms with E-state index in [0.29, 0.717) is 32.0 Å². The van der Waals surface area contributed by atoms with Crippen molar-refractivity contribution < 1.29 is 14.6 Å². The number of carbonyl (C=O) groups is 1. The summed E-state index contributed by atoms with van der Waals surface area (Å²) in [5.41, 5.74) is 1.15. The Morgan fingerprint density at radius 3 is 2.64 bits per heavy atom. The molecule has 2 aromatic carbocycles. The van der Waals surface area contributed by atoms with Crippen molar-refractivity contribution in [1.82, 2.24) is 0 Å². The number of aromatic hydroxyl groups is 1. The number of anilines is 1. The van der Waals surface area contributed by atoms with Gasteiger partial charge in [0.15, 0.2) is 16.7 Å². The lowest BCUT2D eigenvalue weighted by Crippen LogP contribution is -2.28. The summed E-state index contributed by atoms with van der Waals surface area (Å²) in [6.45, 7) is 0. The molecule has 128 valence electrons. The molecule has 25 heavy (non-hydrogen) atoms. The Balaban J connectivity index is 1.94. The van der Waals surface area contributed by atoms with Crippen molar-refractivity contribution >= 4 is 57.8 Å². The molecule has 5 nitrogen and oxygen atoms in total. The molecular formula is C17H12Cl2N2O3S. The molecular weight excluding hydrogens is 383 g/mol. The zero-order valence-electron chi connectivity index (χ0n) is 12.9. The van der Waals surface area contributed by atoms with Gasteiger partial charge < -0.3 is 9.84 Å². The molecule has 0 bridgehead atoms. The molecule has 1 aliphatic heterocycles. The van der Waals surface area contributed by atoms with E-state index >= 15 is 0 Å². The number of halogens is 2. The van der Waals surface area contributed by atoms with Gasteiger partial charge in [0, 0.05) is 0 Å². The third kappa shape index (κ3) is 3.46. The molecule has 0 aliphatic carbocycles. The van der Waals surface area contributed by atoms with E-state index in [1.165, 1.54) is 18.1 Å². The Bertz CT molecular complexity index is 915. The quantitative estimate of drug-likeness (QED) is 0.735. The topological polar surface area (TPSA) is 73.6 Å². The largest absolute Gasteiger partial charge is 0.504 e. The Morgan fingerprint density at radius 2 is 1.96 bits per heavy atom. The van der Waals surface area contributed by atoms with Crippen molar-refractivity contribution in [3.63, 3.8) is 0 Å². The first-order valence-corrected chi connectivity index (χ1v) is 8.62. The lowest BCUT2D eigenvalue weighted by molar-refractivity contribution is -0.113. The van der Waals surface area contributed by atoms with Crippen LogP contribution in [0.25, 0.3) is 6.08 Å². The predicted molar refractivity (Wildman–Crippen MR) is 102 cm³/mol. The number of carbonyl (C=O) groups excluding carboxylic acids is 1. The minimum Gasteiger partial charge on any atom is -0.504 e. The van der Waals surface area contributed by atoms with E-state index in [2.05, 4.69) is 0 Å². The fourth-order valence-corrected chi connectivity index (χ4v) is 3.43. The van der Waals surface area contributed by atoms with Crippen LogP contribution in [-0.2, 0) is 4.79 Å². The molecule has 1 aliphatic rings. The van der Waals surface area contributed by atoms with Crippen LogP contribution in [0.5, 0.6) is 11.5 Å². The minimum absolute atomic E-state index is 0.0141. The first-order chi connectivity index (χ1) is 11.9. The lowest BCUT2D eigenvalue weighted by Gasteiger charge is -2.14. The van der Waals surface area contributed by atoms with Crippen molar-refractivity contribution in [3.05, 3.63) is 56.9 Å². The number of hydrogen-bond acceptors (Lipinski definition) is 5. The Kier molecular flexibility index (Phi) is 4.94. The molecule has 1 amide bonds. The van der Waals surface area contributed by atoms with E-state index in [1.54, 1.807) is 36.4 Å². The molecule has 3 rings (SSSR count). The zero-order chi connectivity index (χ0) is 18.1. The Hall–Kier alpha value is -2.15. The number of benzene rings is 2. The van der Waals surface area contributed by atoms with E-state index in [0.717, 1.165) is 11.8 Å². The van der Waals surface area contributed by atoms with Crippen LogP contribution >= 0.6 is 35.0 Å². The van der Waals surface area contributed by atoms with Crippen LogP contribution in [0.1, 0.15) is 5.56 Å². The van der Waals surface area contributed by atoms with Crippen LogP contribution in [0.4, 0.5) is 5.69 Å². The van der Waals surface area contributed by atoms with Gasteiger partial charge in [0.25, 0.3) is 5.91 Å². The maximum Gasteiger partial charge on any atom is 0.271 e. The van der Waals surface area contributed by atoms with E-state index in [1.807, 2.05) is 0 Å². The summed E-state index contributed by atoms with van der Waals surface area (Å²) in [5, 5.41) is 18.5. The van der Waals surface area contributed by atoms with Gasteiger partial charge in [-0.05, 0) is 53.7 Å². The molecule has 1 saturated heterocycles. The molecule has 0 atom stereocenters. The summed E-state index contributed by atoms with van der Waals surface area (Å²) >= 11 is 12.9. The number of phenolic OH excluding ortho intramolecular Hbond substituents is 1. The van der Waals surface area contributed by atoms with E-state index in [9.17, 15) is 9.90 Å². The van der Waals surface area contributed by atoms with Gasteiger partial charge in [-0.2, -0.15) is 0 Å². The van der Waals surface area contributed by atoms with Crippen LogP contribution in [0, 0.1) is 5.41 Å². The number of hydrogen-bond donors (Lipinski definition) is 2. The fourth-order valence-electron chi connectivity index (χ4n) is 2.28. The monoisotopic (exact) mass is 394 g/mol. The maximum atomic E-state index is 12.7. The van der Waals surface area contributed by atoms with E-state index < -0.39 is 0 Å². The standard InChI is InChI=1S/C17H12Cl2N2O3S/c1-24-14-6-9(2-5-13(14)22)7-15-16(23)21(17(20)25-15)10-3-4-11(18)12(19)8-10/h2-8,20,22H,1H3/b15-7-,20-17?. The second-order valence-electron chi connectivity index (χ2n) is 5.09. The summed E-state index contributed by atoms with van der Waals surface area (Å²) in [4.78, 5) is 14.3. The highest BCUT2D eigenvalue weighted by molar-refractivity contribution is 8.19. The first kappa shape index (κ1) is 17.7. The van der Waals surface area contributed by atoms with Gasteiger partial charge in [0.2, 0.25) is 0 Å². The summed E-state index contributed by atoms with van der Waals surface area (Å²) < 4.78 is 5.06. The summed E-state index contributed by atoms with van der Waals surface area (Å²) in [5.74, 6) is -0.0122. The molecule has 2 aromatic rings. The Morgan fingerprint density at radius 1 is 1.20 bits per heavy atom. The van der Waals surface area contributed by atoms with E-state index in [4.69, 9.17) is 33.3 Å². The molecule has 0 unspecified atom stereocenters. The normalized spacial score (nSPS) is 16.0. The number of rotatable bonds is 3. The summed E-state index contributed by atoms with van der Waals surface area (Å²) in [6, 6.07) is 9.51. The number of phenols is 1. The van der Waals surface area contributed by atoms with Gasteiger partial charge in [-0.15, -0.1) is 0 Å². The van der Waals surface area contributed by atoms with Gasteiger partial charge in [-0.3, -0.25) is 15.1 Å². The zero-order valence-corrected chi connectivity index (χ0v) is 15.2. The van der Waals surface area contributed by atoms with Crippen LogP contribution in [0.3, 0.4) is 0 Å². The molecule has 1 heterocycles. The van der Waals surface area contributed by atoms with Crippen LogP contribution in [0.15, 0.2) is 41.3 Å². The molecule has 0 radical (unpaired) electrons. The highest BCUT2D eigenvalue weighted by Gasteiger charge is 2.33. The summed E-state index contributed by atoms with van der Waals surface area (Å²) in [7, 11) is 1.45. The molecule has 0 aromatic heterocycles. The van der Waals surface area contributed by atoms with Crippen LogP contribution < -0.4 is 9.64 Å². The summed E-state index contributed by atoms with van der Waals surface area (Å²) in [6.07, 6.45) is 1.64. The SMILES string of the molecule is COc1cc(/C=C2\SC(=N)N(c3ccc(Cl)c(Cl)c3)C2=O)ccc1O. The maximum absolute atomic E-state index is 12.7. The van der Waals surface area contributed by atoms with Crippen LogP contribution in [-0.4, -0.2) is 23.3 Å². The third-order valence-electron chi connectivity index (χ3n) is 3.49. The average molecular weight is 395 g/mol. The van der Waals surface area contributed by atoms with Crippen molar-refractivity contribution in [2.24, 2.45) is 0 Å². The van der Waals surface area contributed by atoms with Crippen molar-refractivity contribution in [3.8, 4) is 11.5 Å². The van der Waals surface area contributed by atoms with Gasteiger partial charge in [0.05, 0.1) is 27.7 Å². The van der Waals surface area contributed by atoms with Crippen LogP contribution in [0.2, 0.25) is 10.0 Å². The first-order valence-electron chi connectivity index (χ1n) is 7.05. The predicted octanol–water partition coefficient (Wildman–Crippen LogP) is 4.76. The number of nitrogens with zero attached hydrogens (tertiary/aromatic N) is 1. The molecule has 1 fully saturated rings. The van der Waals surface area contributed by atoms with Gasteiger partial charge in [-0.1, -0.05) is 29.3 Å². The second kappa shape index (κ2) is 7.00. The molecule has 8 heteroatoms. The highest BCUT2D eigenvalue weighted by Crippen LogP contribution is 2.38. The number of amidine groups is 1. The van der Waals surface area contributed by atoms with Gasteiger partial charge >= 0.3 is 0 Å². The smallest absolute Gasteiger partial charge is 0.271 e. The second-order valence-corrected chi connectivity index (χ2v) is 6.93. The van der Waals surface area contributed by atoms with Crippen molar-refractivity contribution in [2.75, 3.05) is 12.0 Å². The number of methoxy groups -OCH3 is 1. The fraction of sp³-hybridized carbons (Fsp3) is 0.0588.